The van der Waals surface area contributed by atoms with Gasteiger partial charge in [0.2, 0.25) is 0 Å². The van der Waals surface area contributed by atoms with Gasteiger partial charge in [-0.3, -0.25) is 0 Å². The third kappa shape index (κ3) is 7.91. The maximum atomic E-state index is 13.3. The van der Waals surface area contributed by atoms with Crippen molar-refractivity contribution >= 4 is 7.82 Å². The number of aromatic hydroxyl groups is 2. The molecule has 4 rings (SSSR count). The molecule has 0 atom stereocenters. The zero-order chi connectivity index (χ0) is 24.6. The summed E-state index contributed by atoms with van der Waals surface area (Å²) in [6.45, 7) is 5.90. The first-order chi connectivity index (χ1) is 16.2. The van der Waals surface area contributed by atoms with Crippen LogP contribution in [0.2, 0.25) is 0 Å². The van der Waals surface area contributed by atoms with Crippen molar-refractivity contribution in [2.24, 2.45) is 0 Å². The molecule has 176 valence electrons. The van der Waals surface area contributed by atoms with Gasteiger partial charge in [-0.15, -0.1) is 0 Å². The zero-order valence-electron chi connectivity index (χ0n) is 19.2. The molecule has 0 unspecified atom stereocenters. The SMILES string of the molecule is Cc1ccc(OP(=O)(Oc2ccc(C)cc2)Oc2ccc(C)cc2)cc1.Oc1ccc(O)cc1. The summed E-state index contributed by atoms with van der Waals surface area (Å²) in [7, 11) is -3.93. The molecule has 0 saturated heterocycles. The normalized spacial score (nSPS) is 10.6. The Morgan fingerprint density at radius 3 is 0.941 bits per heavy atom. The highest BCUT2D eigenvalue weighted by Crippen LogP contribution is 2.49. The van der Waals surface area contributed by atoms with Crippen LogP contribution in [0.15, 0.2) is 97.1 Å². The smallest absolute Gasteiger partial charge is 0.508 e. The zero-order valence-corrected chi connectivity index (χ0v) is 20.1. The van der Waals surface area contributed by atoms with Crippen LogP contribution >= 0.6 is 7.82 Å². The highest BCUT2D eigenvalue weighted by Gasteiger charge is 2.33. The second-order valence-electron chi connectivity index (χ2n) is 7.68. The van der Waals surface area contributed by atoms with Gasteiger partial charge < -0.3 is 23.8 Å². The molecule has 0 aromatic heterocycles. The summed E-state index contributed by atoms with van der Waals surface area (Å²) in [6, 6.07) is 27.3. The Bertz CT molecular complexity index is 1070. The van der Waals surface area contributed by atoms with E-state index in [2.05, 4.69) is 0 Å². The van der Waals surface area contributed by atoms with Gasteiger partial charge in [0.25, 0.3) is 0 Å². The minimum Gasteiger partial charge on any atom is -0.508 e. The lowest BCUT2D eigenvalue weighted by molar-refractivity contribution is 0.298. The summed E-state index contributed by atoms with van der Waals surface area (Å²) in [4.78, 5) is 0. The van der Waals surface area contributed by atoms with Gasteiger partial charge in [-0.25, -0.2) is 0 Å². The predicted octanol–water partition coefficient (Wildman–Crippen LogP) is 7.35. The van der Waals surface area contributed by atoms with E-state index in [4.69, 9.17) is 23.8 Å². The molecular weight excluding hydrogens is 451 g/mol. The number of phosphoric acid groups is 1. The number of phenols is 2. The minimum absolute atomic E-state index is 0.169. The van der Waals surface area contributed by atoms with E-state index >= 15 is 0 Å². The molecule has 4 aromatic carbocycles. The maximum absolute atomic E-state index is 13.3. The van der Waals surface area contributed by atoms with Crippen molar-refractivity contribution in [3.05, 3.63) is 114 Å². The van der Waals surface area contributed by atoms with Gasteiger partial charge in [-0.1, -0.05) is 53.1 Å². The number of benzene rings is 4. The Balaban J connectivity index is 0.000000343. The summed E-state index contributed by atoms with van der Waals surface area (Å²) < 4.78 is 30.2. The molecule has 0 aliphatic rings. The van der Waals surface area contributed by atoms with Crippen molar-refractivity contribution in [1.82, 2.24) is 0 Å². The van der Waals surface area contributed by atoms with Crippen LogP contribution in [-0.2, 0) is 4.57 Å². The van der Waals surface area contributed by atoms with Crippen LogP contribution in [0.25, 0.3) is 0 Å². The van der Waals surface area contributed by atoms with E-state index < -0.39 is 7.82 Å². The summed E-state index contributed by atoms with van der Waals surface area (Å²) in [5.74, 6) is 1.58. The Morgan fingerprint density at radius 1 is 0.471 bits per heavy atom. The summed E-state index contributed by atoms with van der Waals surface area (Å²) in [5.41, 5.74) is 3.23. The number of phosphoric ester groups is 1. The first-order valence-electron chi connectivity index (χ1n) is 10.6. The molecular formula is C27H27O6P. The van der Waals surface area contributed by atoms with Gasteiger partial charge in [0.1, 0.15) is 28.7 Å². The number of hydrogen-bond donors (Lipinski definition) is 2. The molecule has 0 aliphatic heterocycles. The average molecular weight is 478 g/mol. The number of hydrogen-bond acceptors (Lipinski definition) is 6. The van der Waals surface area contributed by atoms with Crippen molar-refractivity contribution in [2.75, 3.05) is 0 Å². The second kappa shape index (κ2) is 11.3. The van der Waals surface area contributed by atoms with Crippen LogP contribution in [0.3, 0.4) is 0 Å². The molecule has 0 radical (unpaired) electrons. The first-order valence-corrected chi connectivity index (χ1v) is 12.0. The van der Waals surface area contributed by atoms with E-state index in [1.807, 2.05) is 57.2 Å². The third-order valence-electron chi connectivity index (χ3n) is 4.56. The fourth-order valence-electron chi connectivity index (χ4n) is 2.69. The van der Waals surface area contributed by atoms with Gasteiger partial charge in [0.15, 0.2) is 0 Å². The van der Waals surface area contributed by atoms with Crippen LogP contribution < -0.4 is 13.6 Å². The van der Waals surface area contributed by atoms with Gasteiger partial charge in [0.05, 0.1) is 0 Å². The van der Waals surface area contributed by atoms with Gasteiger partial charge in [-0.05, 0) is 81.4 Å². The summed E-state index contributed by atoms with van der Waals surface area (Å²) in [5, 5.41) is 17.3. The van der Waals surface area contributed by atoms with Crippen molar-refractivity contribution in [2.45, 2.75) is 20.8 Å². The number of rotatable bonds is 6. The van der Waals surface area contributed by atoms with Crippen molar-refractivity contribution in [3.63, 3.8) is 0 Å². The number of aryl methyl sites for hydroxylation is 3. The Labute approximate surface area is 199 Å². The van der Waals surface area contributed by atoms with E-state index in [1.54, 1.807) is 36.4 Å². The molecule has 4 aromatic rings. The number of phenolic OH excluding ortho intramolecular Hbond substituents is 2. The highest BCUT2D eigenvalue weighted by atomic mass is 31.2. The Morgan fingerprint density at radius 2 is 0.706 bits per heavy atom. The minimum atomic E-state index is -3.93. The third-order valence-corrected chi connectivity index (χ3v) is 5.87. The topological polar surface area (TPSA) is 85.2 Å². The Kier molecular flexibility index (Phi) is 8.23. The lowest BCUT2D eigenvalue weighted by atomic mass is 10.2. The Hall–Kier alpha value is -3.89. The molecule has 7 heteroatoms. The van der Waals surface area contributed by atoms with E-state index in [1.165, 1.54) is 24.3 Å². The predicted molar refractivity (Wildman–Crippen MR) is 133 cm³/mol. The quantitative estimate of drug-likeness (QED) is 0.223. The second-order valence-corrected chi connectivity index (χ2v) is 9.12. The molecule has 6 nitrogen and oxygen atoms in total. The fraction of sp³-hybridized carbons (Fsp3) is 0.111. The molecule has 0 fully saturated rings. The summed E-state index contributed by atoms with van der Waals surface area (Å²) >= 11 is 0. The summed E-state index contributed by atoms with van der Waals surface area (Å²) in [6.07, 6.45) is 0. The van der Waals surface area contributed by atoms with E-state index in [9.17, 15) is 4.57 Å². The van der Waals surface area contributed by atoms with Gasteiger partial charge in [0, 0.05) is 0 Å². The van der Waals surface area contributed by atoms with E-state index in [0.717, 1.165) is 16.7 Å². The molecule has 0 saturated carbocycles. The van der Waals surface area contributed by atoms with Crippen molar-refractivity contribution in [1.29, 1.82) is 0 Å². The molecule has 34 heavy (non-hydrogen) atoms. The van der Waals surface area contributed by atoms with Gasteiger partial charge >= 0.3 is 7.82 Å². The van der Waals surface area contributed by atoms with Crippen LogP contribution in [0.5, 0.6) is 28.7 Å². The molecule has 0 amide bonds. The van der Waals surface area contributed by atoms with Crippen LogP contribution in [0, 0.1) is 20.8 Å². The first kappa shape index (κ1) is 24.7. The lowest BCUT2D eigenvalue weighted by Gasteiger charge is -2.19. The van der Waals surface area contributed by atoms with Crippen LogP contribution in [-0.4, -0.2) is 10.2 Å². The molecule has 0 heterocycles. The molecule has 0 spiro atoms. The molecule has 0 bridgehead atoms. The monoisotopic (exact) mass is 478 g/mol. The fourth-order valence-corrected chi connectivity index (χ4v) is 3.94. The van der Waals surface area contributed by atoms with Gasteiger partial charge in [-0.2, -0.15) is 4.57 Å². The van der Waals surface area contributed by atoms with Crippen LogP contribution in [0.1, 0.15) is 16.7 Å². The van der Waals surface area contributed by atoms with E-state index in [0.29, 0.717) is 17.2 Å². The molecule has 2 N–H and O–H groups in total. The van der Waals surface area contributed by atoms with Crippen molar-refractivity contribution < 1.29 is 28.3 Å². The van der Waals surface area contributed by atoms with Crippen LogP contribution in [0.4, 0.5) is 0 Å². The standard InChI is InChI=1S/C21H21O4P.C6H6O2/c1-16-4-10-19(11-5-16)23-26(22,24-20-12-6-17(2)7-13-20)25-21-14-8-18(3)9-15-21;7-5-1-2-6(8)4-3-5/h4-15H,1-3H3;1-4,7-8H. The molecule has 0 aliphatic carbocycles. The average Bonchev–Trinajstić information content (AvgIpc) is 2.81. The highest BCUT2D eigenvalue weighted by molar-refractivity contribution is 7.49. The largest absolute Gasteiger partial charge is 0.647 e. The lowest BCUT2D eigenvalue weighted by Crippen LogP contribution is -2.07. The maximum Gasteiger partial charge on any atom is 0.647 e. The van der Waals surface area contributed by atoms with Crippen molar-refractivity contribution in [3.8, 4) is 28.7 Å². The van der Waals surface area contributed by atoms with E-state index in [-0.39, 0.29) is 11.5 Å².